The average molecular weight is 298 g/mol. The summed E-state index contributed by atoms with van der Waals surface area (Å²) in [5.41, 5.74) is 0. The van der Waals surface area contributed by atoms with Gasteiger partial charge < -0.3 is 0 Å². The van der Waals surface area contributed by atoms with Crippen LogP contribution in [0.4, 0.5) is 0 Å². The number of allylic oxidation sites excluding steroid dienone is 1. The summed E-state index contributed by atoms with van der Waals surface area (Å²) >= 11 is 0. The van der Waals surface area contributed by atoms with E-state index >= 15 is 0 Å². The van der Waals surface area contributed by atoms with E-state index in [2.05, 4.69) is 0 Å². The summed E-state index contributed by atoms with van der Waals surface area (Å²) in [4.78, 5) is 0. The van der Waals surface area contributed by atoms with Crippen molar-refractivity contribution in [1.29, 1.82) is 0 Å². The Hall–Kier alpha value is -0.530. The minimum Gasteiger partial charge on any atom is -0.285 e. The lowest BCUT2D eigenvalue weighted by Gasteiger charge is -1.89. The van der Waals surface area contributed by atoms with Crippen molar-refractivity contribution >= 4 is 30.4 Å². The van der Waals surface area contributed by atoms with Gasteiger partial charge in [0.1, 0.15) is 0 Å². The second-order valence-corrected chi connectivity index (χ2v) is 6.84. The molecular weight excluding hydrogens is 288 g/mol. The summed E-state index contributed by atoms with van der Waals surface area (Å²) in [6.45, 7) is 1.51. The first kappa shape index (κ1) is 17.9. The minimum absolute atomic E-state index is 0.715. The lowest BCUT2D eigenvalue weighted by molar-refractivity contribution is 0.471. The predicted octanol–water partition coefficient (Wildman–Crippen LogP) is -0.873. The highest BCUT2D eigenvalue weighted by atomic mass is 32.3. The van der Waals surface area contributed by atoms with E-state index in [-0.39, 0.29) is 0 Å². The maximum atomic E-state index is 9.70. The zero-order valence-corrected chi connectivity index (χ0v) is 10.3. The van der Waals surface area contributed by atoms with Crippen LogP contribution in [0.1, 0.15) is 6.92 Å². The Bertz CT molecular complexity index is 489. The van der Waals surface area contributed by atoms with Gasteiger partial charge in [-0.2, -0.15) is 25.3 Å². The van der Waals surface area contributed by atoms with E-state index < -0.39 is 35.4 Å². The molecule has 0 heterocycles. The first-order valence-corrected chi connectivity index (χ1v) is 7.99. The summed E-state index contributed by atoms with van der Waals surface area (Å²) in [7, 11) is -13.1. The minimum atomic E-state index is -4.62. The topological polar surface area (TPSA) is 163 Å². The lowest BCUT2D eigenvalue weighted by atomic mass is 10.8. The fourth-order valence-corrected chi connectivity index (χ4v) is 2.21. The van der Waals surface area contributed by atoms with Crippen molar-refractivity contribution in [3.63, 3.8) is 0 Å². The standard InChI is InChI=1S/C3H6O3S.CH4O6S2/c1-2-3-7(4,5)6;2-8(3,4)1-9(5,6)7/h2-3H,1H3,(H,4,5,6);1H2,(H,2,3,4)(H,5,6,7). The molecule has 0 atom stereocenters. The summed E-state index contributed by atoms with van der Waals surface area (Å²) < 4.78 is 81.5. The van der Waals surface area contributed by atoms with Crippen molar-refractivity contribution in [2.75, 3.05) is 5.08 Å². The van der Waals surface area contributed by atoms with Crippen molar-refractivity contribution in [3.05, 3.63) is 11.5 Å². The molecule has 0 aliphatic rings. The van der Waals surface area contributed by atoms with Gasteiger partial charge >= 0.3 is 0 Å². The van der Waals surface area contributed by atoms with Crippen LogP contribution in [0.3, 0.4) is 0 Å². The van der Waals surface area contributed by atoms with Gasteiger partial charge in [0.25, 0.3) is 30.4 Å². The van der Waals surface area contributed by atoms with Crippen LogP contribution in [0.15, 0.2) is 11.5 Å². The van der Waals surface area contributed by atoms with Crippen LogP contribution in [0.5, 0.6) is 0 Å². The van der Waals surface area contributed by atoms with Crippen LogP contribution in [0, 0.1) is 0 Å². The molecule has 0 bridgehead atoms. The van der Waals surface area contributed by atoms with E-state index in [1.54, 1.807) is 0 Å². The highest BCUT2D eigenvalue weighted by Gasteiger charge is 2.15. The van der Waals surface area contributed by atoms with E-state index in [9.17, 15) is 25.3 Å². The Labute approximate surface area is 93.0 Å². The highest BCUT2D eigenvalue weighted by Crippen LogP contribution is 1.88. The predicted molar refractivity (Wildman–Crippen MR) is 54.3 cm³/mol. The molecular formula is C4H10O9S3. The number of rotatable bonds is 3. The molecule has 12 heteroatoms. The molecule has 98 valence electrons. The molecule has 0 amide bonds. The van der Waals surface area contributed by atoms with Gasteiger partial charge in [-0.25, -0.2) is 0 Å². The molecule has 0 rings (SSSR count). The molecule has 16 heavy (non-hydrogen) atoms. The van der Waals surface area contributed by atoms with E-state index in [0.29, 0.717) is 5.41 Å². The van der Waals surface area contributed by atoms with E-state index in [0.717, 1.165) is 0 Å². The van der Waals surface area contributed by atoms with Crippen LogP contribution in [0.25, 0.3) is 0 Å². The van der Waals surface area contributed by atoms with E-state index in [1.807, 2.05) is 0 Å². The van der Waals surface area contributed by atoms with Crippen molar-refractivity contribution in [2.45, 2.75) is 6.92 Å². The SMILES string of the molecule is CC=CS(=O)(=O)O.O=S(=O)(O)CS(=O)(=O)O. The molecule has 0 aromatic heterocycles. The second kappa shape index (κ2) is 6.27. The zero-order valence-electron chi connectivity index (χ0n) is 7.88. The van der Waals surface area contributed by atoms with Crippen molar-refractivity contribution < 1.29 is 38.9 Å². The first-order valence-electron chi connectivity index (χ1n) is 3.27. The summed E-state index contributed by atoms with van der Waals surface area (Å²) in [5, 5.41) is -0.938. The zero-order chi connectivity index (χ0) is 13.6. The van der Waals surface area contributed by atoms with Crippen molar-refractivity contribution in [1.82, 2.24) is 0 Å². The van der Waals surface area contributed by atoms with Crippen LogP contribution in [-0.2, 0) is 30.4 Å². The third-order valence-electron chi connectivity index (χ3n) is 0.606. The van der Waals surface area contributed by atoms with Gasteiger partial charge in [-0.1, -0.05) is 6.08 Å². The fraction of sp³-hybridized carbons (Fsp3) is 0.500. The highest BCUT2D eigenvalue weighted by molar-refractivity contribution is 8.02. The van der Waals surface area contributed by atoms with Gasteiger partial charge in [0.15, 0.2) is 0 Å². The van der Waals surface area contributed by atoms with Crippen LogP contribution in [0.2, 0.25) is 0 Å². The van der Waals surface area contributed by atoms with Crippen molar-refractivity contribution in [2.24, 2.45) is 0 Å². The molecule has 0 spiro atoms. The van der Waals surface area contributed by atoms with Crippen LogP contribution in [-0.4, -0.2) is 44.0 Å². The third kappa shape index (κ3) is 23.4. The molecule has 0 radical (unpaired) electrons. The van der Waals surface area contributed by atoms with Gasteiger partial charge in [0.2, 0.25) is 5.08 Å². The smallest absolute Gasteiger partial charge is 0.285 e. The molecule has 0 aromatic carbocycles. The molecule has 0 saturated carbocycles. The number of hydrogen-bond acceptors (Lipinski definition) is 6. The van der Waals surface area contributed by atoms with Crippen LogP contribution >= 0.6 is 0 Å². The third-order valence-corrected chi connectivity index (χ3v) is 3.60. The average Bonchev–Trinajstić information content (AvgIpc) is 1.73. The normalized spacial score (nSPS) is 13.2. The molecule has 0 aliphatic heterocycles. The molecule has 3 N–H and O–H groups in total. The molecule has 0 aliphatic carbocycles. The van der Waals surface area contributed by atoms with E-state index in [4.69, 9.17) is 13.7 Å². The van der Waals surface area contributed by atoms with Crippen LogP contribution < -0.4 is 0 Å². The Morgan fingerprint density at radius 2 is 1.19 bits per heavy atom. The lowest BCUT2D eigenvalue weighted by Crippen LogP contribution is -2.13. The van der Waals surface area contributed by atoms with Gasteiger partial charge in [-0.05, 0) is 6.92 Å². The summed E-state index contributed by atoms with van der Waals surface area (Å²) in [5.74, 6) is 0. The molecule has 0 saturated heterocycles. The molecule has 9 nitrogen and oxygen atoms in total. The van der Waals surface area contributed by atoms with Gasteiger partial charge in [0.05, 0.1) is 5.41 Å². The Balaban J connectivity index is 0. The van der Waals surface area contributed by atoms with E-state index in [1.165, 1.54) is 13.0 Å². The molecule has 0 unspecified atom stereocenters. The second-order valence-electron chi connectivity index (χ2n) is 2.27. The summed E-state index contributed by atoms with van der Waals surface area (Å²) in [6, 6.07) is 0. The maximum absolute atomic E-state index is 9.70. The van der Waals surface area contributed by atoms with Gasteiger partial charge in [-0.15, -0.1) is 0 Å². The Kier molecular flexibility index (Phi) is 6.99. The largest absolute Gasteiger partial charge is 0.287 e. The first-order chi connectivity index (χ1) is 6.77. The quantitative estimate of drug-likeness (QED) is 0.561. The van der Waals surface area contributed by atoms with Gasteiger partial charge in [-0.3, -0.25) is 13.7 Å². The Morgan fingerprint density at radius 3 is 1.19 bits per heavy atom. The summed E-state index contributed by atoms with van der Waals surface area (Å²) in [6.07, 6.45) is 1.25. The molecule has 0 fully saturated rings. The van der Waals surface area contributed by atoms with Gasteiger partial charge in [0, 0.05) is 0 Å². The fourth-order valence-electron chi connectivity index (χ4n) is 0.360. The monoisotopic (exact) mass is 298 g/mol. The number of hydrogen-bond donors (Lipinski definition) is 3. The Morgan fingerprint density at radius 1 is 0.875 bits per heavy atom. The molecule has 0 aromatic rings. The van der Waals surface area contributed by atoms with Crippen molar-refractivity contribution in [3.8, 4) is 0 Å². The maximum Gasteiger partial charge on any atom is 0.287 e.